The molecule has 0 saturated heterocycles. The molecule has 0 aliphatic rings. The molecule has 9 heteroatoms. The summed E-state index contributed by atoms with van der Waals surface area (Å²) >= 11 is 1.18. The molecule has 0 aliphatic heterocycles. The molecular weight excluding hydrogens is 410 g/mol. The van der Waals surface area contributed by atoms with Crippen LogP contribution in [0.5, 0.6) is 5.75 Å². The highest BCUT2D eigenvalue weighted by Gasteiger charge is 2.17. The van der Waals surface area contributed by atoms with Crippen molar-refractivity contribution in [3.05, 3.63) is 77.4 Å². The number of rotatable bonds is 5. The molecule has 3 heterocycles. The summed E-state index contributed by atoms with van der Waals surface area (Å²) in [6.07, 6.45) is 2.86. The SMILES string of the molecule is COc1ccc(-c2ncccc2C(=O)Nc2nc(-c3cc(F)ccn3)cs2)cc1F. The molecule has 0 radical (unpaired) electrons. The summed E-state index contributed by atoms with van der Waals surface area (Å²) in [5, 5.41) is 4.68. The van der Waals surface area contributed by atoms with E-state index in [1.807, 2.05) is 0 Å². The number of carbonyl (C=O) groups excluding carboxylic acids is 1. The fourth-order valence-electron chi connectivity index (χ4n) is 2.79. The number of hydrogen-bond donors (Lipinski definition) is 1. The van der Waals surface area contributed by atoms with Gasteiger partial charge in [-0.25, -0.2) is 13.8 Å². The van der Waals surface area contributed by atoms with E-state index in [4.69, 9.17) is 4.74 Å². The molecule has 6 nitrogen and oxygen atoms in total. The number of thiazole rings is 1. The first-order chi connectivity index (χ1) is 14.5. The van der Waals surface area contributed by atoms with Crippen molar-refractivity contribution < 1.29 is 18.3 Å². The van der Waals surface area contributed by atoms with E-state index >= 15 is 0 Å². The number of nitrogens with zero attached hydrogens (tertiary/aromatic N) is 3. The second-order valence-electron chi connectivity index (χ2n) is 6.10. The standard InChI is InChI=1S/C21H14F2N4O2S/c1-29-18-5-4-12(9-15(18)23)19-14(3-2-7-25-19)20(28)27-21-26-17(11-30-21)16-10-13(22)6-8-24-16/h2-11H,1H3,(H,26,27,28). The zero-order valence-corrected chi connectivity index (χ0v) is 16.4. The molecule has 0 aliphatic carbocycles. The van der Waals surface area contributed by atoms with E-state index in [1.165, 1.54) is 55.1 Å². The van der Waals surface area contributed by atoms with Crippen LogP contribution in [0.25, 0.3) is 22.6 Å². The van der Waals surface area contributed by atoms with Crippen LogP contribution in [0.4, 0.5) is 13.9 Å². The molecule has 0 spiro atoms. The first kappa shape index (κ1) is 19.6. The Hall–Kier alpha value is -3.72. The number of anilines is 1. The second kappa shape index (κ2) is 8.34. The lowest BCUT2D eigenvalue weighted by Gasteiger charge is -2.09. The number of benzene rings is 1. The van der Waals surface area contributed by atoms with E-state index in [0.717, 1.165) is 0 Å². The van der Waals surface area contributed by atoms with Crippen molar-refractivity contribution in [2.24, 2.45) is 0 Å². The number of carbonyl (C=O) groups is 1. The van der Waals surface area contributed by atoms with Crippen LogP contribution in [0.1, 0.15) is 10.4 Å². The van der Waals surface area contributed by atoms with Crippen LogP contribution in [-0.4, -0.2) is 28.0 Å². The summed E-state index contributed by atoms with van der Waals surface area (Å²) in [5.74, 6) is -1.34. The minimum atomic E-state index is -0.556. The van der Waals surface area contributed by atoms with Gasteiger partial charge in [0.05, 0.1) is 24.1 Å². The van der Waals surface area contributed by atoms with Crippen molar-refractivity contribution in [1.29, 1.82) is 0 Å². The monoisotopic (exact) mass is 424 g/mol. The predicted molar refractivity (Wildman–Crippen MR) is 109 cm³/mol. The Morgan fingerprint density at radius 2 is 1.93 bits per heavy atom. The van der Waals surface area contributed by atoms with Crippen LogP contribution < -0.4 is 10.1 Å². The predicted octanol–water partition coefficient (Wildman–Crippen LogP) is 4.81. The molecule has 4 aromatic rings. The van der Waals surface area contributed by atoms with Gasteiger partial charge in [0.25, 0.3) is 5.91 Å². The van der Waals surface area contributed by atoms with Gasteiger partial charge in [0.15, 0.2) is 16.7 Å². The number of ether oxygens (including phenoxy) is 1. The molecule has 1 N–H and O–H groups in total. The number of hydrogen-bond acceptors (Lipinski definition) is 6. The van der Waals surface area contributed by atoms with Crippen LogP contribution in [0.2, 0.25) is 0 Å². The number of pyridine rings is 2. The summed E-state index contributed by atoms with van der Waals surface area (Å²) in [6.45, 7) is 0. The number of amides is 1. The molecule has 0 saturated carbocycles. The first-order valence-corrected chi connectivity index (χ1v) is 9.61. The van der Waals surface area contributed by atoms with Gasteiger partial charge in [-0.3, -0.25) is 20.1 Å². The van der Waals surface area contributed by atoms with Crippen molar-refractivity contribution in [3.63, 3.8) is 0 Å². The van der Waals surface area contributed by atoms with Gasteiger partial charge in [-0.2, -0.15) is 0 Å². The van der Waals surface area contributed by atoms with Crippen LogP contribution in [0.15, 0.2) is 60.2 Å². The van der Waals surface area contributed by atoms with Crippen LogP contribution in [-0.2, 0) is 0 Å². The topological polar surface area (TPSA) is 77.0 Å². The van der Waals surface area contributed by atoms with Gasteiger partial charge < -0.3 is 4.74 Å². The summed E-state index contributed by atoms with van der Waals surface area (Å²) < 4.78 is 32.4. The smallest absolute Gasteiger partial charge is 0.259 e. The number of aromatic nitrogens is 3. The number of methoxy groups -OCH3 is 1. The largest absolute Gasteiger partial charge is 0.494 e. The zero-order valence-electron chi connectivity index (χ0n) is 15.6. The number of halogens is 2. The molecule has 30 heavy (non-hydrogen) atoms. The quantitative estimate of drug-likeness (QED) is 0.498. The highest BCUT2D eigenvalue weighted by atomic mass is 32.1. The Bertz CT molecular complexity index is 1230. The van der Waals surface area contributed by atoms with Gasteiger partial charge in [0, 0.05) is 29.4 Å². The van der Waals surface area contributed by atoms with Gasteiger partial charge in [-0.05, 0) is 36.4 Å². The van der Waals surface area contributed by atoms with Crippen molar-refractivity contribution in [2.45, 2.75) is 0 Å². The summed E-state index contributed by atoms with van der Waals surface area (Å²) in [4.78, 5) is 25.4. The Morgan fingerprint density at radius 1 is 1.07 bits per heavy atom. The Labute approximate surface area is 174 Å². The third-order valence-electron chi connectivity index (χ3n) is 4.19. The maximum Gasteiger partial charge on any atom is 0.259 e. The van der Waals surface area contributed by atoms with E-state index in [2.05, 4.69) is 20.3 Å². The van der Waals surface area contributed by atoms with Crippen LogP contribution in [0, 0.1) is 11.6 Å². The normalized spacial score (nSPS) is 10.6. The molecule has 0 unspecified atom stereocenters. The minimum absolute atomic E-state index is 0.0990. The lowest BCUT2D eigenvalue weighted by molar-refractivity contribution is 0.102. The van der Waals surface area contributed by atoms with Gasteiger partial charge in [-0.1, -0.05) is 0 Å². The average molecular weight is 424 g/mol. The average Bonchev–Trinajstić information content (AvgIpc) is 3.22. The lowest BCUT2D eigenvalue weighted by atomic mass is 10.0. The van der Waals surface area contributed by atoms with Crippen LogP contribution >= 0.6 is 11.3 Å². The van der Waals surface area contributed by atoms with Gasteiger partial charge in [0.1, 0.15) is 11.5 Å². The van der Waals surface area contributed by atoms with Gasteiger partial charge in [0.2, 0.25) is 0 Å². The molecule has 150 valence electrons. The van der Waals surface area contributed by atoms with Crippen molar-refractivity contribution in [2.75, 3.05) is 12.4 Å². The Kier molecular flexibility index (Phi) is 5.44. The van der Waals surface area contributed by atoms with E-state index in [0.29, 0.717) is 27.8 Å². The van der Waals surface area contributed by atoms with Crippen molar-refractivity contribution >= 4 is 22.4 Å². The van der Waals surface area contributed by atoms with Crippen LogP contribution in [0.3, 0.4) is 0 Å². The maximum absolute atomic E-state index is 14.1. The fourth-order valence-corrected chi connectivity index (χ4v) is 3.49. The van der Waals surface area contributed by atoms with E-state index in [9.17, 15) is 13.6 Å². The highest BCUT2D eigenvalue weighted by molar-refractivity contribution is 7.14. The van der Waals surface area contributed by atoms with Crippen molar-refractivity contribution in [1.82, 2.24) is 15.0 Å². The minimum Gasteiger partial charge on any atom is -0.494 e. The summed E-state index contributed by atoms with van der Waals surface area (Å²) in [7, 11) is 1.37. The maximum atomic E-state index is 14.1. The zero-order chi connectivity index (χ0) is 21.1. The number of nitrogens with one attached hydrogen (secondary N) is 1. The fraction of sp³-hybridized carbons (Fsp3) is 0.0476. The Morgan fingerprint density at radius 3 is 2.70 bits per heavy atom. The van der Waals surface area contributed by atoms with Gasteiger partial charge >= 0.3 is 0 Å². The molecule has 0 atom stereocenters. The van der Waals surface area contributed by atoms with Crippen molar-refractivity contribution in [3.8, 4) is 28.4 Å². The Balaban J connectivity index is 1.60. The summed E-state index contributed by atoms with van der Waals surface area (Å²) in [6, 6.07) is 10.1. The molecule has 0 fully saturated rings. The molecule has 0 bridgehead atoms. The molecule has 1 aromatic carbocycles. The molecular formula is C21H14F2N4O2S. The molecule has 3 aromatic heterocycles. The lowest BCUT2D eigenvalue weighted by Crippen LogP contribution is -2.13. The summed E-state index contributed by atoms with van der Waals surface area (Å²) in [5.41, 5.74) is 1.81. The second-order valence-corrected chi connectivity index (χ2v) is 6.96. The van der Waals surface area contributed by atoms with E-state index in [-0.39, 0.29) is 11.3 Å². The first-order valence-electron chi connectivity index (χ1n) is 8.73. The van der Waals surface area contributed by atoms with Gasteiger partial charge in [-0.15, -0.1) is 11.3 Å². The van der Waals surface area contributed by atoms with E-state index < -0.39 is 17.5 Å². The molecule has 4 rings (SSSR count). The third kappa shape index (κ3) is 4.01. The third-order valence-corrected chi connectivity index (χ3v) is 4.94. The molecule has 1 amide bonds. The highest BCUT2D eigenvalue weighted by Crippen LogP contribution is 2.28. The van der Waals surface area contributed by atoms with E-state index in [1.54, 1.807) is 23.6 Å².